The SMILES string of the molecule is CCCCC/C=C\C/C=C\C/C=C\C/C=C\CCCC(=O)OC(/C=C/CCCCCCCCCCCCC)C(COP(=O)(O)OCC[N+](C)(C)C)NC(=O)CCCCCCCCCCCCCCCCC. The molecule has 0 rings (SSSR count). The Morgan fingerprint density at radius 1 is 0.493 bits per heavy atom. The van der Waals surface area contributed by atoms with Crippen LogP contribution < -0.4 is 5.32 Å². The molecule has 3 atom stereocenters. The maximum atomic E-state index is 13.5. The Hall–Kier alpha value is -2.29. The van der Waals surface area contributed by atoms with E-state index in [9.17, 15) is 19.0 Å². The molecule has 10 heteroatoms. The predicted octanol–water partition coefficient (Wildman–Crippen LogP) is 17.9. The highest BCUT2D eigenvalue weighted by molar-refractivity contribution is 7.47. The number of phosphoric acid groups is 1. The maximum Gasteiger partial charge on any atom is 0.472 e. The summed E-state index contributed by atoms with van der Waals surface area (Å²) in [6.07, 6.45) is 63.6. The third-order valence-corrected chi connectivity index (χ3v) is 13.9. The molecular formula is C61H114N2O7P+. The Morgan fingerprint density at radius 2 is 0.873 bits per heavy atom. The van der Waals surface area contributed by atoms with Crippen LogP contribution in [0.5, 0.6) is 0 Å². The molecule has 0 aliphatic rings. The normalized spacial score (nSPS) is 14.2. The molecule has 3 unspecified atom stereocenters. The van der Waals surface area contributed by atoms with E-state index in [2.05, 4.69) is 74.7 Å². The molecule has 0 spiro atoms. The second-order valence-electron chi connectivity index (χ2n) is 21.2. The number of rotatable bonds is 53. The molecule has 2 N–H and O–H groups in total. The number of esters is 1. The number of likely N-dealkylation sites (N-methyl/N-ethyl adjacent to an activating group) is 1. The van der Waals surface area contributed by atoms with E-state index >= 15 is 0 Å². The number of amides is 1. The van der Waals surface area contributed by atoms with Crippen molar-refractivity contribution in [2.75, 3.05) is 40.9 Å². The molecule has 0 radical (unpaired) electrons. The first-order valence-electron chi connectivity index (χ1n) is 29.6. The Labute approximate surface area is 439 Å². The Kier molecular flexibility index (Phi) is 49.6. The lowest BCUT2D eigenvalue weighted by molar-refractivity contribution is -0.870. The summed E-state index contributed by atoms with van der Waals surface area (Å²) >= 11 is 0. The number of hydrogen-bond acceptors (Lipinski definition) is 6. The van der Waals surface area contributed by atoms with Gasteiger partial charge >= 0.3 is 13.8 Å². The van der Waals surface area contributed by atoms with Gasteiger partial charge in [-0.3, -0.25) is 18.6 Å². The van der Waals surface area contributed by atoms with Crippen LogP contribution in [0.3, 0.4) is 0 Å². The molecule has 0 aromatic rings. The number of allylic oxidation sites excluding steroid dienone is 9. The van der Waals surface area contributed by atoms with Gasteiger partial charge < -0.3 is 19.4 Å². The van der Waals surface area contributed by atoms with Crippen LogP contribution in [0.15, 0.2) is 60.8 Å². The fourth-order valence-corrected chi connectivity index (χ4v) is 9.08. The molecule has 0 aromatic carbocycles. The number of carbonyl (C=O) groups excluding carboxylic acids is 2. The van der Waals surface area contributed by atoms with Crippen molar-refractivity contribution in [3.8, 4) is 0 Å². The molecule has 0 heterocycles. The monoisotopic (exact) mass is 1020 g/mol. The molecule has 9 nitrogen and oxygen atoms in total. The van der Waals surface area contributed by atoms with Crippen molar-refractivity contribution >= 4 is 19.7 Å². The van der Waals surface area contributed by atoms with Crippen LogP contribution >= 0.6 is 7.82 Å². The lowest BCUT2D eigenvalue weighted by Gasteiger charge is -2.27. The van der Waals surface area contributed by atoms with Gasteiger partial charge in [0.25, 0.3) is 0 Å². The zero-order chi connectivity index (χ0) is 52.2. The van der Waals surface area contributed by atoms with Crippen LogP contribution in [0.2, 0.25) is 0 Å². The van der Waals surface area contributed by atoms with E-state index in [1.165, 1.54) is 161 Å². The maximum absolute atomic E-state index is 13.5. The standard InChI is InChI=1S/C61H113N2O7P/c1-7-10-13-16-19-22-25-28-30-31-33-36-39-42-45-48-51-54-61(65)70-59(52-49-46-43-40-37-34-27-24-21-18-15-12-9-3)58(57-69-71(66,67)68-56-55-63(4,5)6)62-60(64)53-50-47-44-41-38-35-32-29-26-23-20-17-14-11-8-2/h19,22,28,30,33,36,42,45,49,52,58-59H,7-18,20-21,23-27,29,31-32,34-35,37-41,43-44,46-48,50-51,53-57H2,1-6H3,(H-,62,64,66,67)/p+1/b22-19-,30-28-,36-33-,45-42-,52-49+. The number of phosphoric ester groups is 1. The van der Waals surface area contributed by atoms with Gasteiger partial charge in [-0.25, -0.2) is 4.57 Å². The Bertz CT molecular complexity index is 1400. The second-order valence-corrected chi connectivity index (χ2v) is 22.6. The number of nitrogens with zero attached hydrogens (tertiary/aromatic N) is 1. The molecule has 0 saturated heterocycles. The minimum Gasteiger partial charge on any atom is -0.456 e. The van der Waals surface area contributed by atoms with Crippen LogP contribution in [0, 0.1) is 0 Å². The van der Waals surface area contributed by atoms with Crippen molar-refractivity contribution in [3.63, 3.8) is 0 Å². The summed E-state index contributed by atoms with van der Waals surface area (Å²) in [7, 11) is 1.47. The van der Waals surface area contributed by atoms with Gasteiger partial charge in [0.05, 0.1) is 33.8 Å². The molecule has 0 saturated carbocycles. The highest BCUT2D eigenvalue weighted by Gasteiger charge is 2.30. The Balaban J connectivity index is 5.43. The topological polar surface area (TPSA) is 111 Å². The van der Waals surface area contributed by atoms with Crippen LogP contribution in [-0.2, 0) is 27.9 Å². The number of carbonyl (C=O) groups is 2. The lowest BCUT2D eigenvalue weighted by Crippen LogP contribution is -2.47. The van der Waals surface area contributed by atoms with Gasteiger partial charge in [-0.05, 0) is 70.3 Å². The Morgan fingerprint density at radius 3 is 1.34 bits per heavy atom. The van der Waals surface area contributed by atoms with E-state index in [4.69, 9.17) is 13.8 Å². The van der Waals surface area contributed by atoms with E-state index < -0.39 is 20.0 Å². The van der Waals surface area contributed by atoms with E-state index in [1.807, 2.05) is 33.3 Å². The predicted molar refractivity (Wildman–Crippen MR) is 305 cm³/mol. The van der Waals surface area contributed by atoms with Crippen LogP contribution in [0.25, 0.3) is 0 Å². The number of hydrogen-bond donors (Lipinski definition) is 2. The summed E-state index contributed by atoms with van der Waals surface area (Å²) in [6, 6.07) is -0.868. The number of ether oxygens (including phenoxy) is 1. The molecule has 0 aliphatic carbocycles. The molecule has 0 aliphatic heterocycles. The minimum atomic E-state index is -4.46. The van der Waals surface area contributed by atoms with Gasteiger partial charge in [0.2, 0.25) is 5.91 Å². The number of nitrogens with one attached hydrogen (secondary N) is 1. The number of unbranched alkanes of at least 4 members (excludes halogenated alkanes) is 29. The summed E-state index contributed by atoms with van der Waals surface area (Å²) in [5.41, 5.74) is 0. The molecule has 0 bridgehead atoms. The molecule has 71 heavy (non-hydrogen) atoms. The zero-order valence-corrected chi connectivity index (χ0v) is 48.1. The summed E-state index contributed by atoms with van der Waals surface area (Å²) in [5.74, 6) is -0.564. The molecule has 0 fully saturated rings. The minimum absolute atomic E-state index is 0.0320. The van der Waals surface area contributed by atoms with Gasteiger partial charge in [-0.2, -0.15) is 0 Å². The summed E-state index contributed by atoms with van der Waals surface area (Å²) in [5, 5.41) is 3.04. The third kappa shape index (κ3) is 52.4. The van der Waals surface area contributed by atoms with Crippen LogP contribution in [0.1, 0.15) is 265 Å². The molecule has 1 amide bonds. The quantitative estimate of drug-likeness (QED) is 0.0205. The largest absolute Gasteiger partial charge is 0.472 e. The first-order valence-corrected chi connectivity index (χ1v) is 31.1. The summed E-state index contributed by atoms with van der Waals surface area (Å²) in [6.45, 7) is 6.96. The van der Waals surface area contributed by atoms with Crippen molar-refractivity contribution in [2.24, 2.45) is 0 Å². The smallest absolute Gasteiger partial charge is 0.456 e. The molecular weight excluding hydrogens is 904 g/mol. The fourth-order valence-electron chi connectivity index (χ4n) is 8.34. The van der Waals surface area contributed by atoms with Crippen molar-refractivity contribution < 1.29 is 37.3 Å². The van der Waals surface area contributed by atoms with E-state index in [-0.39, 0.29) is 31.5 Å². The van der Waals surface area contributed by atoms with Crippen LogP contribution in [0.4, 0.5) is 0 Å². The fraction of sp³-hybridized carbons (Fsp3) is 0.803. The average Bonchev–Trinajstić information content (AvgIpc) is 3.33. The third-order valence-electron chi connectivity index (χ3n) is 13.0. The van der Waals surface area contributed by atoms with E-state index in [0.717, 1.165) is 64.2 Å². The average molecular weight is 1020 g/mol. The summed E-state index contributed by atoms with van der Waals surface area (Å²) < 4.78 is 30.6. The van der Waals surface area contributed by atoms with Gasteiger partial charge in [-0.15, -0.1) is 0 Å². The van der Waals surface area contributed by atoms with Crippen molar-refractivity contribution in [1.29, 1.82) is 0 Å². The van der Waals surface area contributed by atoms with Gasteiger partial charge in [-0.1, -0.05) is 242 Å². The molecule has 0 aromatic heterocycles. The van der Waals surface area contributed by atoms with E-state index in [1.54, 1.807) is 0 Å². The lowest BCUT2D eigenvalue weighted by atomic mass is 10.0. The van der Waals surface area contributed by atoms with Crippen molar-refractivity contribution in [1.82, 2.24) is 5.32 Å². The van der Waals surface area contributed by atoms with Gasteiger partial charge in [0.15, 0.2) is 0 Å². The van der Waals surface area contributed by atoms with Crippen molar-refractivity contribution in [3.05, 3.63) is 60.8 Å². The van der Waals surface area contributed by atoms with E-state index in [0.29, 0.717) is 23.9 Å². The molecule has 414 valence electrons. The number of quaternary nitrogens is 1. The first-order chi connectivity index (χ1) is 34.4. The highest BCUT2D eigenvalue weighted by atomic mass is 31.2. The van der Waals surface area contributed by atoms with Gasteiger partial charge in [0, 0.05) is 12.8 Å². The zero-order valence-electron chi connectivity index (χ0n) is 47.2. The van der Waals surface area contributed by atoms with Crippen LogP contribution in [-0.4, -0.2) is 74.3 Å². The first kappa shape index (κ1) is 68.7. The second kappa shape index (κ2) is 51.2. The highest BCUT2D eigenvalue weighted by Crippen LogP contribution is 2.43. The van der Waals surface area contributed by atoms with Gasteiger partial charge in [0.1, 0.15) is 19.3 Å². The van der Waals surface area contributed by atoms with Crippen molar-refractivity contribution in [2.45, 2.75) is 277 Å². The summed E-state index contributed by atoms with van der Waals surface area (Å²) in [4.78, 5) is 37.6.